The highest BCUT2D eigenvalue weighted by Crippen LogP contribution is 2.23. The third kappa shape index (κ3) is 5.67. The fraction of sp³-hybridized carbons (Fsp3) is 0.435. The van der Waals surface area contributed by atoms with Crippen molar-refractivity contribution in [2.24, 2.45) is 0 Å². The van der Waals surface area contributed by atoms with E-state index in [9.17, 15) is 13.2 Å². The van der Waals surface area contributed by atoms with Crippen molar-refractivity contribution in [1.29, 1.82) is 0 Å². The molecule has 0 spiro atoms. The van der Waals surface area contributed by atoms with Crippen molar-refractivity contribution in [3.63, 3.8) is 0 Å². The summed E-state index contributed by atoms with van der Waals surface area (Å²) in [6.07, 6.45) is 4.12. The molecule has 0 radical (unpaired) electrons. The molecular weight excluding hydrogens is 384 g/mol. The van der Waals surface area contributed by atoms with Gasteiger partial charge in [-0.2, -0.15) is 0 Å². The number of sulfonamides is 1. The minimum Gasteiger partial charge on any atom is -0.340 e. The predicted octanol–water partition coefficient (Wildman–Crippen LogP) is 3.60. The SMILES string of the molecule is Cc1ccc(S(=O)(=O)NCCC(=O)N2CCCC2CCc2ccccc2)c(C)c1. The number of likely N-dealkylation sites (tertiary alicyclic amines) is 1. The van der Waals surface area contributed by atoms with Gasteiger partial charge in [-0.25, -0.2) is 13.1 Å². The highest BCUT2D eigenvalue weighted by atomic mass is 32.2. The van der Waals surface area contributed by atoms with Gasteiger partial charge in [0.1, 0.15) is 0 Å². The van der Waals surface area contributed by atoms with Gasteiger partial charge < -0.3 is 4.90 Å². The molecule has 0 bridgehead atoms. The van der Waals surface area contributed by atoms with Crippen LogP contribution in [0, 0.1) is 13.8 Å². The number of carbonyl (C=O) groups is 1. The maximum Gasteiger partial charge on any atom is 0.240 e. The summed E-state index contributed by atoms with van der Waals surface area (Å²) in [4.78, 5) is 14.9. The smallest absolute Gasteiger partial charge is 0.240 e. The van der Waals surface area contributed by atoms with E-state index in [0.717, 1.165) is 37.8 Å². The molecule has 156 valence electrons. The summed E-state index contributed by atoms with van der Waals surface area (Å²) in [6.45, 7) is 4.60. The molecule has 1 atom stereocenters. The molecule has 2 aromatic rings. The van der Waals surface area contributed by atoms with Gasteiger partial charge in [-0.05, 0) is 56.7 Å². The van der Waals surface area contributed by atoms with Gasteiger partial charge in [-0.15, -0.1) is 0 Å². The normalized spacial score (nSPS) is 16.9. The van der Waals surface area contributed by atoms with Crippen LogP contribution in [0.5, 0.6) is 0 Å². The van der Waals surface area contributed by atoms with Crippen LogP contribution >= 0.6 is 0 Å². The lowest BCUT2D eigenvalue weighted by molar-refractivity contribution is -0.131. The van der Waals surface area contributed by atoms with E-state index in [1.807, 2.05) is 36.1 Å². The average molecular weight is 415 g/mol. The monoisotopic (exact) mass is 414 g/mol. The van der Waals surface area contributed by atoms with Crippen molar-refractivity contribution in [1.82, 2.24) is 9.62 Å². The van der Waals surface area contributed by atoms with E-state index >= 15 is 0 Å². The summed E-state index contributed by atoms with van der Waals surface area (Å²) in [5, 5.41) is 0. The van der Waals surface area contributed by atoms with Gasteiger partial charge >= 0.3 is 0 Å². The lowest BCUT2D eigenvalue weighted by atomic mass is 10.0. The number of carbonyl (C=O) groups excluding carboxylic acids is 1. The Balaban J connectivity index is 1.51. The molecule has 3 rings (SSSR count). The van der Waals surface area contributed by atoms with E-state index in [2.05, 4.69) is 16.9 Å². The summed E-state index contributed by atoms with van der Waals surface area (Å²) in [5.41, 5.74) is 3.02. The Hall–Kier alpha value is -2.18. The molecule has 0 aliphatic carbocycles. The Morgan fingerprint density at radius 2 is 1.90 bits per heavy atom. The Labute approximate surface area is 174 Å². The van der Waals surface area contributed by atoms with Gasteiger partial charge in [-0.3, -0.25) is 4.79 Å². The molecule has 1 amide bonds. The topological polar surface area (TPSA) is 66.5 Å². The molecule has 1 aliphatic heterocycles. The number of benzene rings is 2. The van der Waals surface area contributed by atoms with Crippen LogP contribution in [-0.2, 0) is 21.2 Å². The van der Waals surface area contributed by atoms with Gasteiger partial charge in [-0.1, -0.05) is 48.0 Å². The molecule has 0 saturated carbocycles. The van der Waals surface area contributed by atoms with Gasteiger partial charge in [0.25, 0.3) is 0 Å². The molecule has 29 heavy (non-hydrogen) atoms. The first-order valence-electron chi connectivity index (χ1n) is 10.3. The summed E-state index contributed by atoms with van der Waals surface area (Å²) < 4.78 is 27.7. The Morgan fingerprint density at radius 3 is 2.62 bits per heavy atom. The molecule has 6 heteroatoms. The van der Waals surface area contributed by atoms with Crippen LogP contribution in [0.25, 0.3) is 0 Å². The third-order valence-corrected chi connectivity index (χ3v) is 7.18. The summed E-state index contributed by atoms with van der Waals surface area (Å²) in [5.74, 6) is 0.0314. The number of amides is 1. The third-order valence-electron chi connectivity index (χ3n) is 5.56. The van der Waals surface area contributed by atoms with Crippen molar-refractivity contribution in [3.05, 3.63) is 65.2 Å². The number of aryl methyl sites for hydroxylation is 3. The zero-order valence-corrected chi connectivity index (χ0v) is 18.0. The highest BCUT2D eigenvalue weighted by molar-refractivity contribution is 7.89. The first-order valence-corrected chi connectivity index (χ1v) is 11.8. The molecule has 0 aromatic heterocycles. The minimum atomic E-state index is -3.61. The van der Waals surface area contributed by atoms with Crippen molar-refractivity contribution < 1.29 is 13.2 Å². The van der Waals surface area contributed by atoms with E-state index in [1.165, 1.54) is 5.56 Å². The highest BCUT2D eigenvalue weighted by Gasteiger charge is 2.28. The lowest BCUT2D eigenvalue weighted by Gasteiger charge is -2.25. The second kappa shape index (κ2) is 9.55. The van der Waals surface area contributed by atoms with Crippen LogP contribution in [0.4, 0.5) is 0 Å². The number of nitrogens with zero attached hydrogens (tertiary/aromatic N) is 1. The number of nitrogens with one attached hydrogen (secondary N) is 1. The zero-order valence-electron chi connectivity index (χ0n) is 17.2. The number of hydrogen-bond acceptors (Lipinski definition) is 3. The van der Waals surface area contributed by atoms with Crippen molar-refractivity contribution in [3.8, 4) is 0 Å². The van der Waals surface area contributed by atoms with Gasteiger partial charge in [0.15, 0.2) is 0 Å². The molecule has 1 fully saturated rings. The number of rotatable bonds is 8. The second-order valence-corrected chi connectivity index (χ2v) is 9.56. The Kier molecular flexibility index (Phi) is 7.09. The summed E-state index contributed by atoms with van der Waals surface area (Å²) >= 11 is 0. The Morgan fingerprint density at radius 1 is 1.14 bits per heavy atom. The summed E-state index contributed by atoms with van der Waals surface area (Å²) in [7, 11) is -3.61. The molecule has 5 nitrogen and oxygen atoms in total. The van der Waals surface area contributed by atoms with Crippen molar-refractivity contribution in [2.45, 2.75) is 56.9 Å². The second-order valence-electron chi connectivity index (χ2n) is 7.82. The largest absolute Gasteiger partial charge is 0.340 e. The maximum absolute atomic E-state index is 12.7. The van der Waals surface area contributed by atoms with Crippen molar-refractivity contribution >= 4 is 15.9 Å². The van der Waals surface area contributed by atoms with Crippen LogP contribution in [0.15, 0.2) is 53.4 Å². The Bertz CT molecular complexity index is 942. The average Bonchev–Trinajstić information content (AvgIpc) is 3.15. The fourth-order valence-corrected chi connectivity index (χ4v) is 5.31. The lowest BCUT2D eigenvalue weighted by Crippen LogP contribution is -2.38. The molecular formula is C23H30N2O3S. The minimum absolute atomic E-state index is 0.0314. The van der Waals surface area contributed by atoms with Crippen LogP contribution in [0.3, 0.4) is 0 Å². The van der Waals surface area contributed by atoms with E-state index in [4.69, 9.17) is 0 Å². The zero-order chi connectivity index (χ0) is 20.9. The maximum atomic E-state index is 12.7. The molecule has 1 aliphatic rings. The molecule has 1 N–H and O–H groups in total. The van der Waals surface area contributed by atoms with Gasteiger partial charge in [0, 0.05) is 25.6 Å². The quantitative estimate of drug-likeness (QED) is 0.718. The van der Waals surface area contributed by atoms with Crippen LogP contribution < -0.4 is 4.72 Å². The first-order chi connectivity index (χ1) is 13.9. The van der Waals surface area contributed by atoms with E-state index < -0.39 is 10.0 Å². The number of hydrogen-bond donors (Lipinski definition) is 1. The molecule has 2 aromatic carbocycles. The molecule has 1 unspecified atom stereocenters. The van der Waals surface area contributed by atoms with E-state index in [0.29, 0.717) is 5.56 Å². The van der Waals surface area contributed by atoms with E-state index in [1.54, 1.807) is 19.1 Å². The predicted molar refractivity (Wildman–Crippen MR) is 115 cm³/mol. The fourth-order valence-electron chi connectivity index (χ4n) is 4.06. The van der Waals surface area contributed by atoms with Gasteiger partial charge in [0.2, 0.25) is 15.9 Å². The molecule has 1 saturated heterocycles. The van der Waals surface area contributed by atoms with Crippen LogP contribution in [-0.4, -0.2) is 38.4 Å². The van der Waals surface area contributed by atoms with Crippen molar-refractivity contribution in [2.75, 3.05) is 13.1 Å². The standard InChI is InChI=1S/C23H30N2O3S/c1-18-10-13-22(19(2)17-18)29(27,28)24-15-14-23(26)25-16-6-9-21(25)12-11-20-7-4-3-5-8-20/h3-5,7-8,10,13,17,21,24H,6,9,11-12,14-16H2,1-2H3. The first kappa shape index (κ1) is 21.5. The van der Waals surface area contributed by atoms with Gasteiger partial charge in [0.05, 0.1) is 4.90 Å². The van der Waals surface area contributed by atoms with Crippen LogP contribution in [0.1, 0.15) is 42.4 Å². The molecule has 1 heterocycles. The van der Waals surface area contributed by atoms with E-state index in [-0.39, 0.29) is 29.8 Å². The summed E-state index contributed by atoms with van der Waals surface area (Å²) in [6, 6.07) is 15.8. The van der Waals surface area contributed by atoms with Crippen LogP contribution in [0.2, 0.25) is 0 Å².